The van der Waals surface area contributed by atoms with Gasteiger partial charge in [-0.2, -0.15) is 0 Å². The summed E-state index contributed by atoms with van der Waals surface area (Å²) in [6.07, 6.45) is 0. The molecule has 0 aromatic heterocycles. The minimum absolute atomic E-state index is 0.0931. The lowest BCUT2D eigenvalue weighted by atomic mass is 10.1. The Balaban J connectivity index is 1.56. The van der Waals surface area contributed by atoms with Crippen LogP contribution in [-0.2, 0) is 4.79 Å². The largest absolute Gasteiger partial charge is 0.366 e. The highest BCUT2D eigenvalue weighted by Gasteiger charge is 2.32. The van der Waals surface area contributed by atoms with Crippen molar-refractivity contribution in [2.45, 2.75) is 52.7 Å². The van der Waals surface area contributed by atoms with Crippen LogP contribution in [0.15, 0.2) is 24.3 Å². The Morgan fingerprint density at radius 2 is 1.59 bits per heavy atom. The molecule has 0 aliphatic carbocycles. The molecule has 6 heteroatoms. The standard InChI is InChI=1S/C23H36N4O2/c1-17(2)24-10-12-25(13-11-24)23(29)16-26-14-19(4)27(15-18(26)3)22-8-6-21(7-9-22)20(5)28/h6-9,17-19H,10-16H2,1-5H3/t18?,19-/m0/s1. The summed E-state index contributed by atoms with van der Waals surface area (Å²) in [5, 5.41) is 0. The zero-order valence-electron chi connectivity index (χ0n) is 18.6. The van der Waals surface area contributed by atoms with E-state index in [-0.39, 0.29) is 11.7 Å². The maximum Gasteiger partial charge on any atom is 0.236 e. The van der Waals surface area contributed by atoms with Crippen LogP contribution in [0.2, 0.25) is 0 Å². The molecule has 3 rings (SSSR count). The third-order valence-electron chi connectivity index (χ3n) is 6.46. The number of rotatable bonds is 5. The van der Waals surface area contributed by atoms with Crippen molar-refractivity contribution in [3.8, 4) is 0 Å². The van der Waals surface area contributed by atoms with Crippen molar-refractivity contribution in [3.63, 3.8) is 0 Å². The summed E-state index contributed by atoms with van der Waals surface area (Å²) < 4.78 is 0. The van der Waals surface area contributed by atoms with Crippen molar-refractivity contribution >= 4 is 17.4 Å². The van der Waals surface area contributed by atoms with E-state index in [0.29, 0.717) is 24.7 Å². The molecule has 2 aliphatic rings. The Kier molecular flexibility index (Phi) is 6.96. The van der Waals surface area contributed by atoms with Crippen LogP contribution in [-0.4, -0.2) is 90.3 Å². The lowest BCUT2D eigenvalue weighted by molar-refractivity contribution is -0.135. The predicted molar refractivity (Wildman–Crippen MR) is 118 cm³/mol. The van der Waals surface area contributed by atoms with Gasteiger partial charge in [0.1, 0.15) is 0 Å². The molecule has 6 nitrogen and oxygen atoms in total. The Labute approximate surface area is 175 Å². The molecule has 2 fully saturated rings. The first-order valence-electron chi connectivity index (χ1n) is 10.9. The zero-order chi connectivity index (χ0) is 21.1. The number of benzene rings is 1. The topological polar surface area (TPSA) is 47.1 Å². The van der Waals surface area contributed by atoms with E-state index < -0.39 is 0 Å². The maximum absolute atomic E-state index is 12.9. The molecule has 1 unspecified atom stereocenters. The second kappa shape index (κ2) is 9.26. The van der Waals surface area contributed by atoms with Gasteiger partial charge < -0.3 is 9.80 Å². The molecule has 0 saturated carbocycles. The minimum Gasteiger partial charge on any atom is -0.366 e. The third kappa shape index (κ3) is 5.17. The fraction of sp³-hybridized carbons (Fsp3) is 0.652. The highest BCUT2D eigenvalue weighted by Crippen LogP contribution is 2.24. The van der Waals surface area contributed by atoms with Gasteiger partial charge in [-0.15, -0.1) is 0 Å². The van der Waals surface area contributed by atoms with E-state index in [0.717, 1.165) is 50.5 Å². The number of carbonyl (C=O) groups is 2. The summed E-state index contributed by atoms with van der Waals surface area (Å²) in [6, 6.07) is 9.05. The second-order valence-corrected chi connectivity index (χ2v) is 8.89. The average molecular weight is 401 g/mol. The Bertz CT molecular complexity index is 710. The molecular formula is C23H36N4O2. The number of piperazine rings is 2. The van der Waals surface area contributed by atoms with Gasteiger partial charge in [0.15, 0.2) is 5.78 Å². The zero-order valence-corrected chi connectivity index (χ0v) is 18.6. The fourth-order valence-corrected chi connectivity index (χ4v) is 4.43. The predicted octanol–water partition coefficient (Wildman–Crippen LogP) is 2.34. The van der Waals surface area contributed by atoms with Crippen molar-refractivity contribution in [3.05, 3.63) is 29.8 Å². The second-order valence-electron chi connectivity index (χ2n) is 8.89. The molecule has 0 spiro atoms. The van der Waals surface area contributed by atoms with Gasteiger partial charge >= 0.3 is 0 Å². The number of hydrogen-bond donors (Lipinski definition) is 0. The highest BCUT2D eigenvalue weighted by atomic mass is 16.2. The maximum atomic E-state index is 12.9. The highest BCUT2D eigenvalue weighted by molar-refractivity contribution is 5.94. The van der Waals surface area contributed by atoms with E-state index in [4.69, 9.17) is 0 Å². The number of anilines is 1. The van der Waals surface area contributed by atoms with Crippen molar-refractivity contribution in [1.29, 1.82) is 0 Å². The third-order valence-corrected chi connectivity index (χ3v) is 6.46. The van der Waals surface area contributed by atoms with Crippen molar-refractivity contribution in [2.24, 2.45) is 0 Å². The molecule has 1 aromatic carbocycles. The monoisotopic (exact) mass is 400 g/mol. The summed E-state index contributed by atoms with van der Waals surface area (Å²) >= 11 is 0. The lowest BCUT2D eigenvalue weighted by Gasteiger charge is -2.46. The summed E-state index contributed by atoms with van der Waals surface area (Å²) in [7, 11) is 0. The van der Waals surface area contributed by atoms with E-state index in [1.54, 1.807) is 6.92 Å². The van der Waals surface area contributed by atoms with Crippen molar-refractivity contribution < 1.29 is 9.59 Å². The average Bonchev–Trinajstić information content (AvgIpc) is 2.70. The van der Waals surface area contributed by atoms with Crippen LogP contribution in [0, 0.1) is 0 Å². The molecular weight excluding hydrogens is 364 g/mol. The Morgan fingerprint density at radius 3 is 2.14 bits per heavy atom. The van der Waals surface area contributed by atoms with E-state index >= 15 is 0 Å². The lowest BCUT2D eigenvalue weighted by Crippen LogP contribution is -2.59. The van der Waals surface area contributed by atoms with Crippen LogP contribution < -0.4 is 4.90 Å². The van der Waals surface area contributed by atoms with E-state index in [2.05, 4.69) is 42.4 Å². The van der Waals surface area contributed by atoms with Gasteiger partial charge in [0, 0.05) is 68.6 Å². The minimum atomic E-state index is 0.0931. The molecule has 160 valence electrons. The smallest absolute Gasteiger partial charge is 0.236 e. The number of nitrogens with zero attached hydrogens (tertiary/aromatic N) is 4. The molecule has 0 N–H and O–H groups in total. The molecule has 0 bridgehead atoms. The van der Waals surface area contributed by atoms with Crippen LogP contribution >= 0.6 is 0 Å². The van der Waals surface area contributed by atoms with Gasteiger partial charge in [-0.25, -0.2) is 0 Å². The van der Waals surface area contributed by atoms with Crippen LogP contribution in [0.4, 0.5) is 5.69 Å². The van der Waals surface area contributed by atoms with Crippen LogP contribution in [0.5, 0.6) is 0 Å². The van der Waals surface area contributed by atoms with E-state index in [1.807, 2.05) is 29.2 Å². The SMILES string of the molecule is CC(=O)c1ccc(N2CC(C)N(CC(=O)N3CCN(C(C)C)CC3)C[C@@H]2C)cc1. The summed E-state index contributed by atoms with van der Waals surface area (Å²) in [4.78, 5) is 33.6. The summed E-state index contributed by atoms with van der Waals surface area (Å²) in [6.45, 7) is 16.3. The number of Topliss-reactive ketones (excluding diaryl/α,β-unsaturated/α-hetero) is 1. The molecule has 2 atom stereocenters. The summed E-state index contributed by atoms with van der Waals surface area (Å²) in [5.74, 6) is 0.349. The number of amides is 1. The van der Waals surface area contributed by atoms with E-state index in [1.165, 1.54) is 0 Å². The van der Waals surface area contributed by atoms with Crippen LogP contribution in [0.25, 0.3) is 0 Å². The first kappa shape index (κ1) is 21.8. The molecule has 0 radical (unpaired) electrons. The molecule has 1 aromatic rings. The number of carbonyl (C=O) groups excluding carboxylic acids is 2. The molecule has 29 heavy (non-hydrogen) atoms. The molecule has 2 heterocycles. The van der Waals surface area contributed by atoms with Gasteiger partial charge in [0.2, 0.25) is 5.91 Å². The normalized spacial score (nSPS) is 24.2. The fourth-order valence-electron chi connectivity index (χ4n) is 4.43. The molecule has 1 amide bonds. The van der Waals surface area contributed by atoms with Gasteiger partial charge in [0.25, 0.3) is 0 Å². The number of hydrogen-bond acceptors (Lipinski definition) is 5. The van der Waals surface area contributed by atoms with Gasteiger partial charge in [-0.3, -0.25) is 19.4 Å². The van der Waals surface area contributed by atoms with Gasteiger partial charge in [0.05, 0.1) is 6.54 Å². The quantitative estimate of drug-likeness (QED) is 0.710. The van der Waals surface area contributed by atoms with Crippen molar-refractivity contribution in [1.82, 2.24) is 14.7 Å². The Hall–Kier alpha value is -1.92. The van der Waals surface area contributed by atoms with Crippen LogP contribution in [0.1, 0.15) is 45.0 Å². The molecule has 2 saturated heterocycles. The van der Waals surface area contributed by atoms with Gasteiger partial charge in [-0.05, 0) is 58.9 Å². The first-order valence-corrected chi connectivity index (χ1v) is 10.9. The van der Waals surface area contributed by atoms with Crippen LogP contribution in [0.3, 0.4) is 0 Å². The first-order chi connectivity index (χ1) is 13.8. The van der Waals surface area contributed by atoms with Gasteiger partial charge in [-0.1, -0.05) is 0 Å². The Morgan fingerprint density at radius 1 is 0.966 bits per heavy atom. The van der Waals surface area contributed by atoms with E-state index in [9.17, 15) is 9.59 Å². The number of ketones is 1. The van der Waals surface area contributed by atoms with Crippen molar-refractivity contribution in [2.75, 3.05) is 50.7 Å². The molecule has 2 aliphatic heterocycles. The summed E-state index contributed by atoms with van der Waals surface area (Å²) in [5.41, 5.74) is 1.89.